The molecule has 5 fully saturated rings. The van der Waals surface area contributed by atoms with Crippen LogP contribution in [0.3, 0.4) is 0 Å². The van der Waals surface area contributed by atoms with Gasteiger partial charge in [0.1, 0.15) is 5.54 Å². The molecule has 1 aromatic rings. The summed E-state index contributed by atoms with van der Waals surface area (Å²) >= 11 is 0. The van der Waals surface area contributed by atoms with Crippen molar-refractivity contribution in [3.63, 3.8) is 0 Å². The Hall–Kier alpha value is -1.75. The third-order valence-electron chi connectivity index (χ3n) is 7.09. The number of nitrogen functional groups attached to an aromatic ring is 1. The van der Waals surface area contributed by atoms with Gasteiger partial charge in [-0.2, -0.15) is 0 Å². The summed E-state index contributed by atoms with van der Waals surface area (Å²) in [6.07, 6.45) is 4.98. The van der Waals surface area contributed by atoms with Crippen LogP contribution in [0.15, 0.2) is 24.3 Å². The molecule has 4 bridgehead atoms. The SMILES string of the molecule is CC1(C)C(=O)N([C@H]2C3CC4CC2C[C@@](O)(C4)C3)N1c1ccc(N)cc1. The fraction of sp³-hybridized carbons (Fsp3) is 0.650. The molecule has 1 aromatic carbocycles. The Bertz CT molecular complexity index is 713. The number of hydrogen-bond donors (Lipinski definition) is 2. The first kappa shape index (κ1) is 15.5. The van der Waals surface area contributed by atoms with Gasteiger partial charge in [0.15, 0.2) is 0 Å². The van der Waals surface area contributed by atoms with Crippen LogP contribution >= 0.6 is 0 Å². The highest BCUT2D eigenvalue weighted by Gasteiger charge is 2.63. The number of anilines is 2. The van der Waals surface area contributed by atoms with Crippen molar-refractivity contribution in [1.82, 2.24) is 5.01 Å². The molecule has 3 N–H and O–H groups in total. The summed E-state index contributed by atoms with van der Waals surface area (Å²) < 4.78 is 0. The maximum absolute atomic E-state index is 13.0. The molecule has 1 aliphatic heterocycles. The Morgan fingerprint density at radius 2 is 1.68 bits per heavy atom. The molecule has 25 heavy (non-hydrogen) atoms. The zero-order valence-electron chi connectivity index (χ0n) is 15.0. The van der Waals surface area contributed by atoms with E-state index in [0.29, 0.717) is 17.8 Å². The van der Waals surface area contributed by atoms with E-state index in [2.05, 4.69) is 5.01 Å². The van der Waals surface area contributed by atoms with Crippen LogP contribution in [0.5, 0.6) is 0 Å². The van der Waals surface area contributed by atoms with Crippen molar-refractivity contribution in [3.05, 3.63) is 24.3 Å². The van der Waals surface area contributed by atoms with Gasteiger partial charge in [-0.1, -0.05) is 0 Å². The van der Waals surface area contributed by atoms with Gasteiger partial charge in [-0.15, -0.1) is 0 Å². The first-order valence-electron chi connectivity index (χ1n) is 9.50. The van der Waals surface area contributed by atoms with Gasteiger partial charge >= 0.3 is 0 Å². The van der Waals surface area contributed by atoms with E-state index in [1.165, 1.54) is 0 Å². The number of aliphatic hydroxyl groups is 1. The molecule has 1 heterocycles. The molecule has 2 unspecified atom stereocenters. The molecule has 5 nitrogen and oxygen atoms in total. The van der Waals surface area contributed by atoms with Gasteiger partial charge in [0, 0.05) is 5.69 Å². The Morgan fingerprint density at radius 1 is 1.08 bits per heavy atom. The summed E-state index contributed by atoms with van der Waals surface area (Å²) in [7, 11) is 0. The lowest BCUT2D eigenvalue weighted by Crippen LogP contribution is -2.80. The highest BCUT2D eigenvalue weighted by Crippen LogP contribution is 2.58. The van der Waals surface area contributed by atoms with Gasteiger partial charge in [-0.3, -0.25) is 9.80 Å². The second-order valence-corrected chi connectivity index (χ2v) is 9.30. The highest BCUT2D eigenvalue weighted by molar-refractivity contribution is 5.98. The molecule has 4 aliphatic carbocycles. The van der Waals surface area contributed by atoms with Gasteiger partial charge in [0.05, 0.1) is 17.3 Å². The quantitative estimate of drug-likeness (QED) is 0.811. The molecule has 5 heteroatoms. The zero-order chi connectivity index (χ0) is 17.6. The van der Waals surface area contributed by atoms with E-state index >= 15 is 0 Å². The summed E-state index contributed by atoms with van der Waals surface area (Å²) in [6, 6.07) is 8.02. The van der Waals surface area contributed by atoms with Gasteiger partial charge < -0.3 is 10.8 Å². The van der Waals surface area contributed by atoms with Crippen LogP contribution in [0.4, 0.5) is 11.4 Å². The van der Waals surface area contributed by atoms with E-state index in [4.69, 9.17) is 5.73 Å². The summed E-state index contributed by atoms with van der Waals surface area (Å²) in [5.74, 6) is 1.70. The molecule has 0 radical (unpaired) electrons. The van der Waals surface area contributed by atoms with Crippen molar-refractivity contribution in [3.8, 4) is 0 Å². The molecule has 5 aliphatic rings. The average molecular weight is 341 g/mol. The Balaban J connectivity index is 1.50. The lowest BCUT2D eigenvalue weighted by molar-refractivity contribution is -0.190. The van der Waals surface area contributed by atoms with Crippen LogP contribution in [0, 0.1) is 17.8 Å². The summed E-state index contributed by atoms with van der Waals surface area (Å²) in [5, 5.41) is 15.0. The van der Waals surface area contributed by atoms with E-state index in [9.17, 15) is 9.90 Å². The fourth-order valence-corrected chi connectivity index (χ4v) is 6.37. The summed E-state index contributed by atoms with van der Waals surface area (Å²) in [6.45, 7) is 3.98. The number of amides is 1. The molecule has 1 amide bonds. The van der Waals surface area contributed by atoms with Gasteiger partial charge in [0.2, 0.25) is 0 Å². The van der Waals surface area contributed by atoms with Crippen molar-refractivity contribution < 1.29 is 9.90 Å². The number of carbonyl (C=O) groups is 1. The molecular weight excluding hydrogens is 314 g/mol. The molecule has 6 rings (SSSR count). The van der Waals surface area contributed by atoms with Crippen molar-refractivity contribution in [2.45, 2.75) is 63.1 Å². The normalized spacial score (nSPS) is 41.2. The lowest BCUT2D eigenvalue weighted by Gasteiger charge is -2.67. The number of carbonyl (C=O) groups excluding carboxylic acids is 1. The summed E-state index contributed by atoms with van der Waals surface area (Å²) in [5.41, 5.74) is 6.60. The fourth-order valence-electron chi connectivity index (χ4n) is 6.37. The minimum Gasteiger partial charge on any atom is -0.399 e. The van der Waals surface area contributed by atoms with E-state index in [1.807, 2.05) is 43.1 Å². The second-order valence-electron chi connectivity index (χ2n) is 9.30. The smallest absolute Gasteiger partial charge is 0.268 e. The van der Waals surface area contributed by atoms with Gasteiger partial charge in [-0.05, 0) is 88.0 Å². The number of benzene rings is 1. The monoisotopic (exact) mass is 341 g/mol. The highest BCUT2D eigenvalue weighted by atomic mass is 16.3. The molecule has 0 aromatic heterocycles. The Morgan fingerprint density at radius 3 is 2.24 bits per heavy atom. The van der Waals surface area contributed by atoms with Gasteiger partial charge in [-0.25, -0.2) is 5.01 Å². The van der Waals surface area contributed by atoms with E-state index in [1.54, 1.807) is 0 Å². The topological polar surface area (TPSA) is 69.8 Å². The number of rotatable bonds is 2. The minimum absolute atomic E-state index is 0.203. The van der Waals surface area contributed by atoms with Crippen LogP contribution in [-0.4, -0.2) is 33.2 Å². The number of nitrogens with two attached hydrogens (primary N) is 1. The largest absolute Gasteiger partial charge is 0.399 e. The van der Waals surface area contributed by atoms with E-state index in [-0.39, 0.29) is 11.9 Å². The van der Waals surface area contributed by atoms with Crippen molar-refractivity contribution in [2.75, 3.05) is 10.7 Å². The average Bonchev–Trinajstić information content (AvgIpc) is 2.53. The predicted octanol–water partition coefficient (Wildman–Crippen LogP) is 2.55. The molecule has 134 valence electrons. The third-order valence-corrected chi connectivity index (χ3v) is 7.09. The molecular formula is C20H27N3O2. The number of nitrogens with zero attached hydrogens (tertiary/aromatic N) is 2. The maximum Gasteiger partial charge on any atom is 0.268 e. The zero-order valence-corrected chi connectivity index (χ0v) is 15.0. The van der Waals surface area contributed by atoms with Crippen LogP contribution in [0.1, 0.15) is 46.0 Å². The molecule has 2 atom stereocenters. The van der Waals surface area contributed by atoms with E-state index < -0.39 is 11.1 Å². The predicted molar refractivity (Wildman–Crippen MR) is 96.6 cm³/mol. The third kappa shape index (κ3) is 2.02. The Kier molecular flexibility index (Phi) is 2.91. The second kappa shape index (κ2) is 4.70. The molecule has 4 saturated carbocycles. The standard InChI is InChI=1S/C20H27N3O2/c1-19(2)18(24)22(23(19)16-5-3-15(21)4-6-16)17-13-7-12-8-14(17)11-20(25,9-12)10-13/h3-6,12-14,17,25H,7-11,21H2,1-2H3/t12?,13?,14?,17-,20+. The van der Waals surface area contributed by atoms with Crippen LogP contribution in [-0.2, 0) is 4.79 Å². The number of hydrogen-bond acceptors (Lipinski definition) is 4. The minimum atomic E-state index is -0.526. The van der Waals surface area contributed by atoms with Crippen LogP contribution in [0.25, 0.3) is 0 Å². The first-order valence-corrected chi connectivity index (χ1v) is 9.50. The number of hydrazine groups is 1. The van der Waals surface area contributed by atoms with Crippen molar-refractivity contribution in [1.29, 1.82) is 0 Å². The molecule has 1 saturated heterocycles. The van der Waals surface area contributed by atoms with Crippen LogP contribution in [0.2, 0.25) is 0 Å². The van der Waals surface area contributed by atoms with Gasteiger partial charge in [0.25, 0.3) is 5.91 Å². The Labute approximate surface area is 148 Å². The molecule has 0 spiro atoms. The first-order chi connectivity index (χ1) is 11.8. The van der Waals surface area contributed by atoms with Crippen molar-refractivity contribution >= 4 is 17.3 Å². The van der Waals surface area contributed by atoms with Crippen LogP contribution < -0.4 is 10.7 Å². The van der Waals surface area contributed by atoms with Crippen molar-refractivity contribution in [2.24, 2.45) is 17.8 Å². The summed E-state index contributed by atoms with van der Waals surface area (Å²) in [4.78, 5) is 13.0. The maximum atomic E-state index is 13.0. The lowest BCUT2D eigenvalue weighted by atomic mass is 9.52. The van der Waals surface area contributed by atoms with E-state index in [0.717, 1.165) is 43.5 Å².